The van der Waals surface area contributed by atoms with Crippen LogP contribution in [0.4, 0.5) is 0 Å². The summed E-state index contributed by atoms with van der Waals surface area (Å²) in [6.07, 6.45) is 1.71. The van der Waals surface area contributed by atoms with Gasteiger partial charge in [0, 0.05) is 14.0 Å². The first kappa shape index (κ1) is 20.8. The van der Waals surface area contributed by atoms with Gasteiger partial charge in [0.05, 0.1) is 37.5 Å². The molecular formula is C24H23N6O3+. The molecule has 2 aromatic carbocycles. The van der Waals surface area contributed by atoms with Crippen LogP contribution in [-0.4, -0.2) is 46.3 Å². The molecule has 1 N–H and O–H groups in total. The Labute approximate surface area is 188 Å². The van der Waals surface area contributed by atoms with E-state index in [0.29, 0.717) is 46.7 Å². The van der Waals surface area contributed by atoms with Gasteiger partial charge in [-0.1, -0.05) is 24.3 Å². The van der Waals surface area contributed by atoms with Crippen LogP contribution in [0.3, 0.4) is 0 Å². The zero-order valence-electron chi connectivity index (χ0n) is 18.6. The van der Waals surface area contributed by atoms with Crippen molar-refractivity contribution >= 4 is 39.4 Å². The minimum atomic E-state index is -0.164. The average molecular weight is 443 g/mol. The predicted molar refractivity (Wildman–Crippen MR) is 126 cm³/mol. The lowest BCUT2D eigenvalue weighted by Crippen LogP contribution is -2.32. The molecule has 0 unspecified atom stereocenters. The van der Waals surface area contributed by atoms with E-state index in [1.165, 1.54) is 0 Å². The summed E-state index contributed by atoms with van der Waals surface area (Å²) in [6, 6.07) is 15.1. The van der Waals surface area contributed by atoms with Crippen LogP contribution in [0, 0.1) is 6.92 Å². The fourth-order valence-corrected chi connectivity index (χ4v) is 3.88. The lowest BCUT2D eigenvalue weighted by atomic mass is 10.2. The van der Waals surface area contributed by atoms with Crippen LogP contribution in [0.15, 0.2) is 58.4 Å². The molecule has 0 spiro atoms. The van der Waals surface area contributed by atoms with Gasteiger partial charge in [-0.2, -0.15) is 0 Å². The molecule has 3 aromatic heterocycles. The third-order valence-electron chi connectivity index (χ3n) is 5.54. The summed E-state index contributed by atoms with van der Waals surface area (Å²) in [4.78, 5) is 26.4. The minimum absolute atomic E-state index is 0.164. The molecule has 0 aliphatic carbocycles. The molecule has 9 nitrogen and oxygen atoms in total. The second-order valence-corrected chi connectivity index (χ2v) is 7.60. The van der Waals surface area contributed by atoms with Gasteiger partial charge in [-0.15, -0.1) is 9.78 Å². The van der Waals surface area contributed by atoms with E-state index in [9.17, 15) is 4.79 Å². The Bertz CT molecular complexity index is 1580. The quantitative estimate of drug-likeness (QED) is 0.376. The van der Waals surface area contributed by atoms with E-state index in [0.717, 1.165) is 16.8 Å². The number of ether oxygens (including phenoxy) is 2. The van der Waals surface area contributed by atoms with Gasteiger partial charge in [0.25, 0.3) is 5.65 Å². The number of aromatic nitrogens is 5. The van der Waals surface area contributed by atoms with Gasteiger partial charge in [0.2, 0.25) is 11.5 Å². The molecule has 3 heterocycles. The van der Waals surface area contributed by atoms with Crippen LogP contribution in [0.1, 0.15) is 11.4 Å². The second-order valence-electron chi connectivity index (χ2n) is 7.60. The number of hydrogen-bond donors (Lipinski definition) is 0. The first-order chi connectivity index (χ1) is 16.1. The van der Waals surface area contributed by atoms with E-state index < -0.39 is 0 Å². The van der Waals surface area contributed by atoms with Crippen molar-refractivity contribution in [3.8, 4) is 5.75 Å². The zero-order chi connectivity index (χ0) is 22.9. The van der Waals surface area contributed by atoms with Gasteiger partial charge in [0.1, 0.15) is 11.3 Å². The highest BCUT2D eigenvalue weighted by molar-refractivity contribution is 6.03. The molecule has 0 saturated carbocycles. The minimum Gasteiger partial charge on any atom is -0.497 e. The molecule has 9 heteroatoms. The van der Waals surface area contributed by atoms with Crippen LogP contribution in [-0.2, 0) is 11.3 Å². The lowest BCUT2D eigenvalue weighted by molar-refractivity contribution is -0.368. The van der Waals surface area contributed by atoms with E-state index in [-0.39, 0.29) is 5.56 Å². The molecule has 0 radical (unpaired) electrons. The number of methoxy groups -OCH3 is 2. The van der Waals surface area contributed by atoms with E-state index in [4.69, 9.17) is 19.4 Å². The smallest absolute Gasteiger partial charge is 0.323 e. The van der Waals surface area contributed by atoms with Crippen LogP contribution >= 0.6 is 0 Å². The molecule has 0 aliphatic heterocycles. The topological polar surface area (TPSA) is 97.7 Å². The molecule has 5 rings (SSSR count). The molecule has 0 saturated heterocycles. The standard InChI is InChI=1S/C24H22N6O3/c1-15-26-22-20(24(31)29(15)11-12-32-2)21-23(28-19-10-5-4-9-18(19)27-21)30(22)25-14-16-7-6-8-17(13-16)33-3/h4-10,13-14H,11-12H2,1-3H3/p+1/b25-14+. The molecule has 0 fully saturated rings. The number of benzene rings is 2. The fraction of sp³-hybridized carbons (Fsp3) is 0.208. The van der Waals surface area contributed by atoms with Crippen LogP contribution in [0.2, 0.25) is 0 Å². The Morgan fingerprint density at radius 3 is 2.64 bits per heavy atom. The van der Waals surface area contributed by atoms with Crippen molar-refractivity contribution in [1.29, 1.82) is 0 Å². The fourth-order valence-electron chi connectivity index (χ4n) is 3.88. The van der Waals surface area contributed by atoms with E-state index in [1.807, 2.05) is 55.5 Å². The van der Waals surface area contributed by atoms with Gasteiger partial charge < -0.3 is 9.47 Å². The summed E-state index contributed by atoms with van der Waals surface area (Å²) in [6.45, 7) is 2.69. The van der Waals surface area contributed by atoms with Gasteiger partial charge in [-0.05, 0) is 29.8 Å². The number of hydrogen-bond acceptors (Lipinski definition) is 6. The highest BCUT2D eigenvalue weighted by Crippen LogP contribution is 2.24. The summed E-state index contributed by atoms with van der Waals surface area (Å²) < 4.78 is 13.8. The molecule has 0 amide bonds. The Morgan fingerprint density at radius 1 is 1.09 bits per heavy atom. The number of aryl methyl sites for hydroxylation is 1. The summed E-state index contributed by atoms with van der Waals surface area (Å²) in [5, 5.41) is 5.12. The van der Waals surface area contributed by atoms with Crippen LogP contribution < -0.4 is 15.3 Å². The first-order valence-electron chi connectivity index (χ1n) is 10.5. The number of aromatic amines is 1. The first-order valence-corrected chi connectivity index (χ1v) is 10.5. The Kier molecular flexibility index (Phi) is 5.31. The highest BCUT2D eigenvalue weighted by Gasteiger charge is 2.26. The van der Waals surface area contributed by atoms with Gasteiger partial charge in [0.15, 0.2) is 5.39 Å². The number of nitrogens with zero attached hydrogens (tertiary/aromatic N) is 5. The Balaban J connectivity index is 1.81. The van der Waals surface area contributed by atoms with Crippen molar-refractivity contribution in [3.05, 3.63) is 70.3 Å². The molecule has 5 aromatic rings. The Morgan fingerprint density at radius 2 is 1.88 bits per heavy atom. The number of fused-ring (bicyclic) bond motifs is 4. The largest absolute Gasteiger partial charge is 0.497 e. The van der Waals surface area contributed by atoms with Crippen molar-refractivity contribution < 1.29 is 14.5 Å². The normalized spacial score (nSPS) is 11.8. The third-order valence-corrected chi connectivity index (χ3v) is 5.54. The molecule has 0 bridgehead atoms. The number of para-hydroxylation sites is 2. The highest BCUT2D eigenvalue weighted by atomic mass is 16.5. The maximum absolute atomic E-state index is 13.5. The number of nitrogens with one attached hydrogen (secondary N) is 1. The lowest BCUT2D eigenvalue weighted by Gasteiger charge is -2.04. The average Bonchev–Trinajstić information content (AvgIpc) is 3.13. The summed E-state index contributed by atoms with van der Waals surface area (Å²) in [7, 11) is 3.23. The van der Waals surface area contributed by atoms with Crippen molar-refractivity contribution in [1.82, 2.24) is 19.2 Å². The monoisotopic (exact) mass is 443 g/mol. The van der Waals surface area contributed by atoms with Crippen molar-refractivity contribution in [2.75, 3.05) is 20.8 Å². The molecule has 33 heavy (non-hydrogen) atoms. The van der Waals surface area contributed by atoms with E-state index in [2.05, 4.69) is 10.1 Å². The second kappa shape index (κ2) is 8.44. The molecule has 0 aliphatic rings. The summed E-state index contributed by atoms with van der Waals surface area (Å²) in [5.41, 5.74) is 3.66. The van der Waals surface area contributed by atoms with E-state index in [1.54, 1.807) is 29.7 Å². The zero-order valence-corrected chi connectivity index (χ0v) is 18.6. The SMILES string of the molecule is COCCn1c(C)[nH+]c2c(c1=O)c1nc3ccccc3nc1n2/N=C/c1cccc(OC)c1. The molecule has 166 valence electrons. The third kappa shape index (κ3) is 3.62. The van der Waals surface area contributed by atoms with Crippen LogP contribution in [0.25, 0.3) is 33.2 Å². The number of rotatable bonds is 6. The summed E-state index contributed by atoms with van der Waals surface area (Å²) >= 11 is 0. The maximum Gasteiger partial charge on any atom is 0.323 e. The van der Waals surface area contributed by atoms with Crippen molar-refractivity contribution in [3.63, 3.8) is 0 Å². The number of H-pyrrole nitrogens is 1. The van der Waals surface area contributed by atoms with Gasteiger partial charge in [-0.25, -0.2) is 24.3 Å². The maximum atomic E-state index is 13.5. The predicted octanol–water partition coefficient (Wildman–Crippen LogP) is 2.56. The summed E-state index contributed by atoms with van der Waals surface area (Å²) in [5.74, 6) is 1.42. The van der Waals surface area contributed by atoms with Crippen LogP contribution in [0.5, 0.6) is 5.75 Å². The molecule has 0 atom stereocenters. The Hall–Kier alpha value is -4.11. The van der Waals surface area contributed by atoms with E-state index >= 15 is 0 Å². The van der Waals surface area contributed by atoms with Crippen molar-refractivity contribution in [2.45, 2.75) is 13.5 Å². The molecular weight excluding hydrogens is 420 g/mol. The van der Waals surface area contributed by atoms with Gasteiger partial charge in [-0.3, -0.25) is 0 Å². The van der Waals surface area contributed by atoms with Gasteiger partial charge >= 0.3 is 5.56 Å². The van der Waals surface area contributed by atoms with Crippen molar-refractivity contribution in [2.24, 2.45) is 5.10 Å².